The van der Waals surface area contributed by atoms with Gasteiger partial charge in [-0.15, -0.1) is 0 Å². The van der Waals surface area contributed by atoms with Gasteiger partial charge in [0.05, 0.1) is 6.10 Å². The summed E-state index contributed by atoms with van der Waals surface area (Å²) in [6.07, 6.45) is 1.80. The fraction of sp³-hybridized carbons (Fsp3) is 0.333. The van der Waals surface area contributed by atoms with Crippen molar-refractivity contribution in [2.24, 2.45) is 5.92 Å². The Kier molecular flexibility index (Phi) is 4.53. The highest BCUT2D eigenvalue weighted by molar-refractivity contribution is 5.33. The standard InChI is InChI=1S/C18H21NO2/c20-16-9-15(10-16)13-19-12-14-5-4-8-18(11-14)21-17-6-2-1-3-7-17/h1-8,11,15-16,19-20H,9-10,12-13H2. The highest BCUT2D eigenvalue weighted by Gasteiger charge is 2.26. The van der Waals surface area contributed by atoms with Crippen LogP contribution in [0.1, 0.15) is 18.4 Å². The molecule has 110 valence electrons. The van der Waals surface area contributed by atoms with Crippen molar-refractivity contribution in [3.63, 3.8) is 0 Å². The normalized spacial score (nSPS) is 20.8. The third kappa shape index (κ3) is 4.06. The Hall–Kier alpha value is -1.84. The predicted octanol–water partition coefficient (Wildman–Crippen LogP) is 3.34. The van der Waals surface area contributed by atoms with Gasteiger partial charge in [0.25, 0.3) is 0 Å². The molecule has 1 fully saturated rings. The number of para-hydroxylation sites is 1. The molecule has 21 heavy (non-hydrogen) atoms. The van der Waals surface area contributed by atoms with Crippen molar-refractivity contribution in [2.75, 3.05) is 6.54 Å². The third-order valence-electron chi connectivity index (χ3n) is 3.85. The van der Waals surface area contributed by atoms with Crippen LogP contribution < -0.4 is 10.1 Å². The van der Waals surface area contributed by atoms with Gasteiger partial charge in [0.2, 0.25) is 0 Å². The summed E-state index contributed by atoms with van der Waals surface area (Å²) in [5, 5.41) is 12.7. The van der Waals surface area contributed by atoms with Gasteiger partial charge in [-0.3, -0.25) is 0 Å². The van der Waals surface area contributed by atoms with Gasteiger partial charge in [0, 0.05) is 6.54 Å². The first-order valence-corrected chi connectivity index (χ1v) is 7.50. The second-order valence-electron chi connectivity index (χ2n) is 5.68. The molecule has 0 aliphatic heterocycles. The highest BCUT2D eigenvalue weighted by Crippen LogP contribution is 2.26. The number of aliphatic hydroxyl groups excluding tert-OH is 1. The summed E-state index contributed by atoms with van der Waals surface area (Å²) in [5.41, 5.74) is 1.21. The Balaban J connectivity index is 1.51. The second kappa shape index (κ2) is 6.74. The maximum Gasteiger partial charge on any atom is 0.127 e. The number of rotatable bonds is 6. The van der Waals surface area contributed by atoms with E-state index in [-0.39, 0.29) is 6.10 Å². The topological polar surface area (TPSA) is 41.5 Å². The summed E-state index contributed by atoms with van der Waals surface area (Å²) in [4.78, 5) is 0. The summed E-state index contributed by atoms with van der Waals surface area (Å²) in [5.74, 6) is 2.34. The smallest absolute Gasteiger partial charge is 0.127 e. The van der Waals surface area contributed by atoms with Gasteiger partial charge >= 0.3 is 0 Å². The summed E-state index contributed by atoms with van der Waals surface area (Å²) < 4.78 is 5.83. The lowest BCUT2D eigenvalue weighted by atomic mass is 9.82. The minimum atomic E-state index is -0.0700. The van der Waals surface area contributed by atoms with Gasteiger partial charge in [0.15, 0.2) is 0 Å². The maximum atomic E-state index is 9.27. The van der Waals surface area contributed by atoms with Gasteiger partial charge in [-0.25, -0.2) is 0 Å². The van der Waals surface area contributed by atoms with Gasteiger partial charge in [-0.2, -0.15) is 0 Å². The van der Waals surface area contributed by atoms with Crippen LogP contribution in [-0.4, -0.2) is 17.8 Å². The fourth-order valence-corrected chi connectivity index (χ4v) is 2.63. The van der Waals surface area contributed by atoms with E-state index < -0.39 is 0 Å². The lowest BCUT2D eigenvalue weighted by Gasteiger charge is -2.31. The van der Waals surface area contributed by atoms with Crippen molar-refractivity contribution >= 4 is 0 Å². The molecule has 0 spiro atoms. The van der Waals surface area contributed by atoms with E-state index in [0.717, 1.165) is 37.4 Å². The first-order valence-electron chi connectivity index (χ1n) is 7.50. The van der Waals surface area contributed by atoms with E-state index in [4.69, 9.17) is 4.74 Å². The van der Waals surface area contributed by atoms with E-state index in [1.54, 1.807) is 0 Å². The van der Waals surface area contributed by atoms with E-state index in [9.17, 15) is 5.11 Å². The SMILES string of the molecule is OC1CC(CNCc2cccc(Oc3ccccc3)c2)C1. The van der Waals surface area contributed by atoms with E-state index in [0.29, 0.717) is 5.92 Å². The largest absolute Gasteiger partial charge is 0.457 e. The summed E-state index contributed by atoms with van der Waals surface area (Å²) >= 11 is 0. The van der Waals surface area contributed by atoms with Crippen molar-refractivity contribution < 1.29 is 9.84 Å². The molecule has 2 aromatic rings. The molecule has 0 atom stereocenters. The lowest BCUT2D eigenvalue weighted by Crippen LogP contribution is -2.35. The first kappa shape index (κ1) is 14.1. The first-order chi connectivity index (χ1) is 10.3. The van der Waals surface area contributed by atoms with Crippen LogP contribution in [0, 0.1) is 5.92 Å². The van der Waals surface area contributed by atoms with E-state index in [2.05, 4.69) is 17.4 Å². The molecule has 0 amide bonds. The van der Waals surface area contributed by atoms with E-state index in [1.807, 2.05) is 42.5 Å². The van der Waals surface area contributed by atoms with Crippen LogP contribution in [0.15, 0.2) is 54.6 Å². The molecule has 0 bridgehead atoms. The van der Waals surface area contributed by atoms with Crippen molar-refractivity contribution in [2.45, 2.75) is 25.5 Å². The number of ether oxygens (including phenoxy) is 1. The van der Waals surface area contributed by atoms with Crippen LogP contribution in [0.5, 0.6) is 11.5 Å². The van der Waals surface area contributed by atoms with E-state index >= 15 is 0 Å². The molecule has 3 heteroatoms. The van der Waals surface area contributed by atoms with Crippen molar-refractivity contribution in [3.8, 4) is 11.5 Å². The average molecular weight is 283 g/mol. The van der Waals surface area contributed by atoms with Crippen LogP contribution in [0.4, 0.5) is 0 Å². The zero-order chi connectivity index (χ0) is 14.5. The van der Waals surface area contributed by atoms with Crippen LogP contribution in [0.2, 0.25) is 0 Å². The zero-order valence-electron chi connectivity index (χ0n) is 12.0. The molecule has 1 aliphatic rings. The maximum absolute atomic E-state index is 9.27. The Morgan fingerprint density at radius 2 is 1.76 bits per heavy atom. The molecule has 0 heterocycles. The van der Waals surface area contributed by atoms with E-state index in [1.165, 1.54) is 5.56 Å². The van der Waals surface area contributed by atoms with Crippen molar-refractivity contribution in [1.29, 1.82) is 0 Å². The van der Waals surface area contributed by atoms with Crippen LogP contribution in [0.3, 0.4) is 0 Å². The molecule has 3 rings (SSSR count). The number of nitrogens with one attached hydrogen (secondary N) is 1. The highest BCUT2D eigenvalue weighted by atomic mass is 16.5. The minimum Gasteiger partial charge on any atom is -0.457 e. The predicted molar refractivity (Wildman–Crippen MR) is 83.4 cm³/mol. The molecular weight excluding hydrogens is 262 g/mol. The fourth-order valence-electron chi connectivity index (χ4n) is 2.63. The number of benzene rings is 2. The van der Waals surface area contributed by atoms with Gasteiger partial charge in [0.1, 0.15) is 11.5 Å². The number of hydrogen-bond donors (Lipinski definition) is 2. The number of hydrogen-bond acceptors (Lipinski definition) is 3. The van der Waals surface area contributed by atoms with Crippen molar-refractivity contribution in [1.82, 2.24) is 5.32 Å². The quantitative estimate of drug-likeness (QED) is 0.854. The summed E-state index contributed by atoms with van der Waals surface area (Å²) in [7, 11) is 0. The van der Waals surface area contributed by atoms with Crippen LogP contribution in [0.25, 0.3) is 0 Å². The molecule has 2 N–H and O–H groups in total. The molecule has 2 aromatic carbocycles. The number of aliphatic hydroxyl groups is 1. The molecule has 1 saturated carbocycles. The summed E-state index contributed by atoms with van der Waals surface area (Å²) in [6.45, 7) is 1.80. The van der Waals surface area contributed by atoms with Gasteiger partial charge in [-0.1, -0.05) is 30.3 Å². The second-order valence-corrected chi connectivity index (χ2v) is 5.68. The van der Waals surface area contributed by atoms with Gasteiger partial charge in [-0.05, 0) is 55.1 Å². The summed E-state index contributed by atoms with van der Waals surface area (Å²) in [6, 6.07) is 18.0. The van der Waals surface area contributed by atoms with Gasteiger partial charge < -0.3 is 15.2 Å². The zero-order valence-corrected chi connectivity index (χ0v) is 12.0. The molecular formula is C18H21NO2. The molecule has 0 saturated heterocycles. The Labute approximate surface area is 125 Å². The molecule has 0 unspecified atom stereocenters. The average Bonchev–Trinajstić information content (AvgIpc) is 2.47. The Morgan fingerprint density at radius 1 is 1.00 bits per heavy atom. The van der Waals surface area contributed by atoms with Crippen LogP contribution in [-0.2, 0) is 6.54 Å². The molecule has 0 aromatic heterocycles. The monoisotopic (exact) mass is 283 g/mol. The third-order valence-corrected chi connectivity index (χ3v) is 3.85. The van der Waals surface area contributed by atoms with Crippen molar-refractivity contribution in [3.05, 3.63) is 60.2 Å². The lowest BCUT2D eigenvalue weighted by molar-refractivity contribution is 0.0430. The molecule has 1 aliphatic carbocycles. The van der Waals surface area contributed by atoms with Crippen LogP contribution >= 0.6 is 0 Å². The molecule has 0 radical (unpaired) electrons. The minimum absolute atomic E-state index is 0.0700. The Bertz CT molecular complexity index is 564. The Morgan fingerprint density at radius 3 is 2.52 bits per heavy atom. The molecule has 3 nitrogen and oxygen atoms in total.